The highest BCUT2D eigenvalue weighted by Gasteiger charge is 2.03. The molecule has 0 aliphatic carbocycles. The molecule has 0 aromatic rings. The van der Waals surface area contributed by atoms with Crippen LogP contribution < -0.4 is 5.73 Å². The zero-order valence-corrected chi connectivity index (χ0v) is 10.7. The minimum Gasteiger partial charge on any atom is -0.379 e. The van der Waals surface area contributed by atoms with E-state index in [0.29, 0.717) is 0 Å². The van der Waals surface area contributed by atoms with E-state index >= 15 is 0 Å². The van der Waals surface area contributed by atoms with Gasteiger partial charge in [0.25, 0.3) is 0 Å². The van der Waals surface area contributed by atoms with Crippen LogP contribution in [0, 0.1) is 5.41 Å². The highest BCUT2D eigenvalue weighted by molar-refractivity contribution is 7.96. The number of nitrogens with zero attached hydrogens (tertiary/aromatic N) is 1. The van der Waals surface area contributed by atoms with Crippen LogP contribution in [-0.2, 0) is 0 Å². The van der Waals surface area contributed by atoms with E-state index in [1.54, 1.807) is 0 Å². The van der Waals surface area contributed by atoms with E-state index < -0.39 is 0 Å². The van der Waals surface area contributed by atoms with Crippen molar-refractivity contribution in [1.29, 1.82) is 5.41 Å². The second-order valence-corrected chi connectivity index (χ2v) is 3.29. The summed E-state index contributed by atoms with van der Waals surface area (Å²) in [6.45, 7) is 8.31. The zero-order chi connectivity index (χ0) is 10.1. The third-order valence-corrected chi connectivity index (χ3v) is 1.59. The summed E-state index contributed by atoms with van der Waals surface area (Å²) in [5.74, 6) is 0. The molecule has 0 aliphatic rings. The first-order valence-corrected chi connectivity index (χ1v) is 4.75. The quantitative estimate of drug-likeness (QED) is 0.236. The van der Waals surface area contributed by atoms with Gasteiger partial charge in [-0.3, -0.25) is 10.3 Å². The number of alkyl halides is 1. The third kappa shape index (κ3) is 19.0. The monoisotopic (exact) mass is 247 g/mol. The molecule has 0 radical (unpaired) electrons. The second kappa shape index (κ2) is 12.4. The Morgan fingerprint density at radius 2 is 1.77 bits per heavy atom. The van der Waals surface area contributed by atoms with Gasteiger partial charge < -0.3 is 5.73 Å². The molecule has 0 rings (SSSR count). The van der Waals surface area contributed by atoms with Crippen molar-refractivity contribution in [2.45, 2.75) is 26.3 Å². The lowest BCUT2D eigenvalue weighted by atomic mass is 10.5. The molecular formula is C7H19Cl2N3S. The smallest absolute Gasteiger partial charge is 0.147 e. The Labute approximate surface area is 97.3 Å². The maximum atomic E-state index is 6.14. The SMILES string of the molecule is CCN(CC)[C@H](C)Cl.Cl.N=C(N)S. The van der Waals surface area contributed by atoms with Crippen molar-refractivity contribution in [3.8, 4) is 0 Å². The average Bonchev–Trinajstić information content (AvgIpc) is 1.87. The first-order valence-electron chi connectivity index (χ1n) is 3.86. The van der Waals surface area contributed by atoms with Crippen molar-refractivity contribution in [2.24, 2.45) is 5.73 Å². The summed E-state index contributed by atoms with van der Waals surface area (Å²) >= 11 is 9.10. The van der Waals surface area contributed by atoms with Gasteiger partial charge in [0.1, 0.15) is 5.17 Å². The topological polar surface area (TPSA) is 53.1 Å². The van der Waals surface area contributed by atoms with E-state index in [1.807, 2.05) is 6.92 Å². The molecule has 3 nitrogen and oxygen atoms in total. The van der Waals surface area contributed by atoms with Crippen molar-refractivity contribution in [1.82, 2.24) is 4.90 Å². The van der Waals surface area contributed by atoms with Gasteiger partial charge in [-0.25, -0.2) is 0 Å². The summed E-state index contributed by atoms with van der Waals surface area (Å²) in [5.41, 5.74) is 4.74. The summed E-state index contributed by atoms with van der Waals surface area (Å²) in [4.78, 5) is 2.18. The predicted molar refractivity (Wildman–Crippen MR) is 66.4 cm³/mol. The lowest BCUT2D eigenvalue weighted by molar-refractivity contribution is 0.292. The van der Waals surface area contributed by atoms with Gasteiger partial charge in [-0.05, 0) is 20.0 Å². The van der Waals surface area contributed by atoms with Crippen LogP contribution in [0.15, 0.2) is 0 Å². The van der Waals surface area contributed by atoms with Crippen molar-refractivity contribution in [3.05, 3.63) is 0 Å². The Balaban J connectivity index is -0.000000173. The molecule has 82 valence electrons. The molecule has 0 fully saturated rings. The fraction of sp³-hybridized carbons (Fsp3) is 0.857. The zero-order valence-electron chi connectivity index (χ0n) is 8.25. The van der Waals surface area contributed by atoms with E-state index in [-0.39, 0.29) is 23.1 Å². The number of hydrogen-bond acceptors (Lipinski definition) is 2. The number of nitrogens with two attached hydrogens (primary N) is 1. The summed E-state index contributed by atoms with van der Waals surface area (Å²) in [6, 6.07) is 0. The number of halogens is 2. The summed E-state index contributed by atoms with van der Waals surface area (Å²) in [6.07, 6.45) is 0. The van der Waals surface area contributed by atoms with Crippen LogP contribution in [0.4, 0.5) is 0 Å². The molecule has 0 saturated carbocycles. The minimum absolute atomic E-state index is 0. The molecule has 3 N–H and O–H groups in total. The molecule has 0 aromatic heterocycles. The molecule has 0 aliphatic heterocycles. The van der Waals surface area contributed by atoms with Gasteiger partial charge in [0.15, 0.2) is 0 Å². The fourth-order valence-corrected chi connectivity index (χ4v) is 1.00. The Morgan fingerprint density at radius 1 is 1.54 bits per heavy atom. The molecule has 0 spiro atoms. The van der Waals surface area contributed by atoms with Gasteiger partial charge in [-0.1, -0.05) is 13.8 Å². The van der Waals surface area contributed by atoms with Crippen molar-refractivity contribution in [2.75, 3.05) is 13.1 Å². The average molecular weight is 248 g/mol. The number of hydrogen-bond donors (Lipinski definition) is 3. The van der Waals surface area contributed by atoms with Crippen LogP contribution in [0.1, 0.15) is 20.8 Å². The molecule has 1 atom stereocenters. The van der Waals surface area contributed by atoms with Crippen molar-refractivity contribution < 1.29 is 0 Å². The highest BCUT2D eigenvalue weighted by atomic mass is 35.5. The van der Waals surface area contributed by atoms with Gasteiger partial charge in [-0.15, -0.1) is 36.6 Å². The van der Waals surface area contributed by atoms with Gasteiger partial charge in [-0.2, -0.15) is 0 Å². The van der Waals surface area contributed by atoms with Crippen LogP contribution in [0.5, 0.6) is 0 Å². The van der Waals surface area contributed by atoms with Crippen LogP contribution >= 0.6 is 36.6 Å². The van der Waals surface area contributed by atoms with Gasteiger partial charge in [0.2, 0.25) is 0 Å². The number of amidine groups is 1. The second-order valence-electron chi connectivity index (χ2n) is 2.18. The van der Waals surface area contributed by atoms with Crippen LogP contribution in [0.25, 0.3) is 0 Å². The maximum Gasteiger partial charge on any atom is 0.147 e. The van der Waals surface area contributed by atoms with E-state index in [1.165, 1.54) is 0 Å². The largest absolute Gasteiger partial charge is 0.379 e. The summed E-state index contributed by atoms with van der Waals surface area (Å²) in [5, 5.41) is 6.00. The maximum absolute atomic E-state index is 6.14. The summed E-state index contributed by atoms with van der Waals surface area (Å²) in [7, 11) is 0. The standard InChI is InChI=1S/C6H14ClN.CH4N2S.ClH/c1-4-8(5-2)6(3)7;2-1(3)4;/h6H,4-5H2,1-3H3;(H4,2,3,4);1H/t6-;;/m1../s1. The number of thiol groups is 1. The normalized spacial score (nSPS) is 10.9. The first-order chi connectivity index (χ1) is 5.45. The van der Waals surface area contributed by atoms with Crippen molar-refractivity contribution >= 4 is 41.8 Å². The molecule has 0 unspecified atom stereocenters. The van der Waals surface area contributed by atoms with Crippen molar-refractivity contribution in [3.63, 3.8) is 0 Å². The predicted octanol–water partition coefficient (Wildman–Crippen LogP) is 2.14. The molecule has 0 saturated heterocycles. The Bertz CT molecular complexity index is 114. The fourth-order valence-electron chi connectivity index (χ4n) is 0.727. The van der Waals surface area contributed by atoms with E-state index in [4.69, 9.17) is 17.0 Å². The molecular weight excluding hydrogens is 229 g/mol. The first kappa shape index (κ1) is 19.0. The Kier molecular flexibility index (Phi) is 18.1. The molecule has 13 heavy (non-hydrogen) atoms. The van der Waals surface area contributed by atoms with Crippen LogP contribution in [0.3, 0.4) is 0 Å². The Morgan fingerprint density at radius 3 is 1.77 bits per heavy atom. The molecule has 0 amide bonds. The molecule has 0 aromatic carbocycles. The van der Waals surface area contributed by atoms with Gasteiger partial charge in [0.05, 0.1) is 5.50 Å². The number of rotatable bonds is 3. The highest BCUT2D eigenvalue weighted by Crippen LogP contribution is 2.00. The summed E-state index contributed by atoms with van der Waals surface area (Å²) < 4.78 is 0. The van der Waals surface area contributed by atoms with Gasteiger partial charge in [0, 0.05) is 0 Å². The van der Waals surface area contributed by atoms with Crippen LogP contribution in [-0.4, -0.2) is 28.7 Å². The van der Waals surface area contributed by atoms with Crippen LogP contribution in [0.2, 0.25) is 0 Å². The molecule has 0 heterocycles. The van der Waals surface area contributed by atoms with Gasteiger partial charge >= 0.3 is 0 Å². The lowest BCUT2D eigenvalue weighted by Crippen LogP contribution is -2.28. The molecule has 6 heteroatoms. The van der Waals surface area contributed by atoms with E-state index in [2.05, 4.69) is 37.1 Å². The number of nitrogens with one attached hydrogen (secondary N) is 1. The third-order valence-electron chi connectivity index (χ3n) is 1.32. The van der Waals surface area contributed by atoms with E-state index in [9.17, 15) is 0 Å². The molecule has 0 bridgehead atoms. The minimum atomic E-state index is -0.139. The van der Waals surface area contributed by atoms with E-state index in [0.717, 1.165) is 13.1 Å². The lowest BCUT2D eigenvalue weighted by Gasteiger charge is -2.19. The Hall–Kier alpha value is 0.360.